The highest BCUT2D eigenvalue weighted by Gasteiger charge is 2.16. The Morgan fingerprint density at radius 1 is 1.33 bits per heavy atom. The molecule has 1 unspecified atom stereocenters. The summed E-state index contributed by atoms with van der Waals surface area (Å²) in [6.45, 7) is 2.43. The molecule has 0 fully saturated rings. The summed E-state index contributed by atoms with van der Waals surface area (Å²) in [6, 6.07) is 6.85. The molecular formula is C14H18N2O4S. The predicted molar refractivity (Wildman–Crippen MR) is 81.0 cm³/mol. The van der Waals surface area contributed by atoms with Crippen LogP contribution in [0.1, 0.15) is 11.1 Å². The summed E-state index contributed by atoms with van der Waals surface area (Å²) in [5.41, 5.74) is 2.16. The molecule has 7 heteroatoms. The molecule has 114 valence electrons. The van der Waals surface area contributed by atoms with E-state index < -0.39 is 12.0 Å². The van der Waals surface area contributed by atoms with Crippen LogP contribution in [-0.4, -0.2) is 40.9 Å². The minimum absolute atomic E-state index is 0.145. The summed E-state index contributed by atoms with van der Waals surface area (Å²) >= 11 is 1.16. The van der Waals surface area contributed by atoms with E-state index >= 15 is 0 Å². The molecule has 1 aromatic rings. The first-order chi connectivity index (χ1) is 10.0. The van der Waals surface area contributed by atoms with Crippen LogP contribution in [0, 0.1) is 6.92 Å². The molecule has 1 rings (SSSR count). The van der Waals surface area contributed by atoms with E-state index in [9.17, 15) is 14.4 Å². The Labute approximate surface area is 127 Å². The van der Waals surface area contributed by atoms with Crippen molar-refractivity contribution in [2.75, 3.05) is 11.5 Å². The van der Waals surface area contributed by atoms with Crippen LogP contribution in [0.5, 0.6) is 0 Å². The van der Waals surface area contributed by atoms with Gasteiger partial charge in [0.25, 0.3) is 0 Å². The first-order valence-corrected chi connectivity index (χ1v) is 7.51. The van der Waals surface area contributed by atoms with Crippen LogP contribution in [-0.2, 0) is 20.9 Å². The molecule has 0 aliphatic carbocycles. The topological polar surface area (TPSA) is 95.5 Å². The van der Waals surface area contributed by atoms with Crippen molar-refractivity contribution < 1.29 is 19.5 Å². The quantitative estimate of drug-likeness (QED) is 0.579. The number of aryl methyl sites for hydroxylation is 1. The summed E-state index contributed by atoms with van der Waals surface area (Å²) in [4.78, 5) is 32.6. The van der Waals surface area contributed by atoms with Crippen molar-refractivity contribution >= 4 is 30.0 Å². The predicted octanol–water partition coefficient (Wildman–Crippen LogP) is 0.544. The van der Waals surface area contributed by atoms with Gasteiger partial charge in [-0.2, -0.15) is 0 Å². The number of thioether (sulfide) groups is 1. The minimum Gasteiger partial charge on any atom is -0.480 e. The molecule has 3 N–H and O–H groups in total. The number of hydrogen-bond donors (Lipinski definition) is 3. The molecule has 6 nitrogen and oxygen atoms in total. The first kappa shape index (κ1) is 17.0. The second kappa shape index (κ2) is 9.02. The van der Waals surface area contributed by atoms with Crippen LogP contribution < -0.4 is 10.6 Å². The van der Waals surface area contributed by atoms with Crippen molar-refractivity contribution in [2.45, 2.75) is 19.5 Å². The van der Waals surface area contributed by atoms with E-state index in [1.165, 1.54) is 0 Å². The number of carbonyl (C=O) groups is 3. The number of rotatable bonds is 9. The van der Waals surface area contributed by atoms with Gasteiger partial charge in [0.05, 0.1) is 5.75 Å². The third kappa shape index (κ3) is 6.80. The lowest BCUT2D eigenvalue weighted by Gasteiger charge is -2.10. The van der Waals surface area contributed by atoms with E-state index in [4.69, 9.17) is 5.11 Å². The van der Waals surface area contributed by atoms with Gasteiger partial charge in [0.2, 0.25) is 12.3 Å². The monoisotopic (exact) mass is 310 g/mol. The Bertz CT molecular complexity index is 490. The van der Waals surface area contributed by atoms with Crippen molar-refractivity contribution in [3.05, 3.63) is 35.4 Å². The largest absolute Gasteiger partial charge is 0.480 e. The van der Waals surface area contributed by atoms with E-state index in [2.05, 4.69) is 10.6 Å². The molecule has 0 aliphatic heterocycles. The average Bonchev–Trinajstić information content (AvgIpc) is 2.45. The van der Waals surface area contributed by atoms with Gasteiger partial charge >= 0.3 is 5.97 Å². The van der Waals surface area contributed by atoms with Gasteiger partial charge in [0, 0.05) is 12.3 Å². The molecule has 0 radical (unpaired) electrons. The molecule has 0 saturated carbocycles. The fourth-order valence-electron chi connectivity index (χ4n) is 1.50. The lowest BCUT2D eigenvalue weighted by Crippen LogP contribution is -2.38. The first-order valence-electron chi connectivity index (χ1n) is 6.35. The summed E-state index contributed by atoms with van der Waals surface area (Å²) < 4.78 is 0. The molecular weight excluding hydrogens is 292 g/mol. The van der Waals surface area contributed by atoms with Crippen LogP contribution in [0.15, 0.2) is 24.3 Å². The number of benzene rings is 1. The van der Waals surface area contributed by atoms with Crippen molar-refractivity contribution in [3.63, 3.8) is 0 Å². The molecule has 0 bridgehead atoms. The Morgan fingerprint density at radius 3 is 2.57 bits per heavy atom. The maximum Gasteiger partial charge on any atom is 0.327 e. The summed E-state index contributed by atoms with van der Waals surface area (Å²) in [5.74, 6) is -0.993. The van der Waals surface area contributed by atoms with E-state index in [0.29, 0.717) is 13.0 Å². The van der Waals surface area contributed by atoms with Crippen LogP contribution >= 0.6 is 11.8 Å². The Hall–Kier alpha value is -2.02. The van der Waals surface area contributed by atoms with Crippen molar-refractivity contribution in [1.82, 2.24) is 10.6 Å². The van der Waals surface area contributed by atoms with Crippen LogP contribution in [0.3, 0.4) is 0 Å². The number of carbonyl (C=O) groups excluding carboxylic acids is 2. The Morgan fingerprint density at radius 2 is 2.00 bits per heavy atom. The van der Waals surface area contributed by atoms with E-state index in [1.807, 2.05) is 31.2 Å². The standard InChI is InChI=1S/C14H18N2O4S/c1-10-2-4-11(5-3-10)6-15-13(18)8-21-7-12(14(19)20)16-9-17/h2-5,9,12H,6-8H2,1H3,(H,15,18)(H,16,17)(H,19,20). The Kier molecular flexibility index (Phi) is 7.31. The summed E-state index contributed by atoms with van der Waals surface area (Å²) in [7, 11) is 0. The average molecular weight is 310 g/mol. The molecule has 0 saturated heterocycles. The van der Waals surface area contributed by atoms with E-state index in [0.717, 1.165) is 22.9 Å². The normalized spacial score (nSPS) is 11.5. The zero-order chi connectivity index (χ0) is 15.7. The zero-order valence-corrected chi connectivity index (χ0v) is 12.5. The molecule has 21 heavy (non-hydrogen) atoms. The van der Waals surface area contributed by atoms with Gasteiger partial charge in [-0.05, 0) is 12.5 Å². The maximum atomic E-state index is 11.6. The molecule has 0 aromatic heterocycles. The van der Waals surface area contributed by atoms with Gasteiger partial charge in [-0.25, -0.2) is 4.79 Å². The fraction of sp³-hybridized carbons (Fsp3) is 0.357. The summed E-state index contributed by atoms with van der Waals surface area (Å²) in [5, 5.41) is 13.8. The van der Waals surface area contributed by atoms with Crippen molar-refractivity contribution in [2.24, 2.45) is 0 Å². The van der Waals surface area contributed by atoms with Gasteiger partial charge < -0.3 is 15.7 Å². The van der Waals surface area contributed by atoms with Gasteiger partial charge in [-0.3, -0.25) is 9.59 Å². The van der Waals surface area contributed by atoms with E-state index in [-0.39, 0.29) is 17.4 Å². The third-order valence-corrected chi connectivity index (χ3v) is 3.73. The molecule has 2 amide bonds. The number of aliphatic carboxylic acids is 1. The number of hydrogen-bond acceptors (Lipinski definition) is 4. The molecule has 1 aromatic carbocycles. The minimum atomic E-state index is -1.12. The smallest absolute Gasteiger partial charge is 0.327 e. The fourth-order valence-corrected chi connectivity index (χ4v) is 2.38. The van der Waals surface area contributed by atoms with Crippen LogP contribution in [0.4, 0.5) is 0 Å². The highest BCUT2D eigenvalue weighted by atomic mass is 32.2. The van der Waals surface area contributed by atoms with Crippen molar-refractivity contribution in [3.8, 4) is 0 Å². The second-order valence-electron chi connectivity index (χ2n) is 4.45. The third-order valence-electron chi connectivity index (χ3n) is 2.70. The highest BCUT2D eigenvalue weighted by molar-refractivity contribution is 8.00. The zero-order valence-electron chi connectivity index (χ0n) is 11.7. The molecule has 0 heterocycles. The van der Waals surface area contributed by atoms with Gasteiger partial charge in [0.1, 0.15) is 6.04 Å². The van der Waals surface area contributed by atoms with E-state index in [1.54, 1.807) is 0 Å². The highest BCUT2D eigenvalue weighted by Crippen LogP contribution is 2.05. The van der Waals surface area contributed by atoms with Crippen LogP contribution in [0.25, 0.3) is 0 Å². The number of amides is 2. The van der Waals surface area contributed by atoms with Gasteiger partial charge in [-0.1, -0.05) is 29.8 Å². The summed E-state index contributed by atoms with van der Waals surface area (Å²) in [6.07, 6.45) is 0.344. The number of carboxylic acids is 1. The lowest BCUT2D eigenvalue weighted by molar-refractivity contribution is -0.139. The van der Waals surface area contributed by atoms with Gasteiger partial charge in [0.15, 0.2) is 0 Å². The number of carboxylic acid groups (broad SMARTS) is 1. The number of nitrogens with one attached hydrogen (secondary N) is 2. The molecule has 0 aliphatic rings. The van der Waals surface area contributed by atoms with Crippen molar-refractivity contribution in [1.29, 1.82) is 0 Å². The molecule has 0 spiro atoms. The lowest BCUT2D eigenvalue weighted by atomic mass is 10.1. The Balaban J connectivity index is 2.26. The van der Waals surface area contributed by atoms with Gasteiger partial charge in [-0.15, -0.1) is 11.8 Å². The van der Waals surface area contributed by atoms with Crippen LogP contribution in [0.2, 0.25) is 0 Å². The second-order valence-corrected chi connectivity index (χ2v) is 5.48. The SMILES string of the molecule is Cc1ccc(CNC(=O)CSCC(NC=O)C(=O)O)cc1. The molecule has 1 atom stereocenters. The maximum absolute atomic E-state index is 11.6.